The number of halogens is 2. The zero-order valence-electron chi connectivity index (χ0n) is 15.0. The molecule has 5 N–H and O–H groups in total. The van der Waals surface area contributed by atoms with Gasteiger partial charge >= 0.3 is 0 Å². The molecule has 1 aliphatic rings. The van der Waals surface area contributed by atoms with Gasteiger partial charge in [0.2, 0.25) is 5.95 Å². The van der Waals surface area contributed by atoms with E-state index in [1.807, 2.05) is 0 Å². The van der Waals surface area contributed by atoms with Crippen LogP contribution in [0, 0.1) is 24.5 Å². The summed E-state index contributed by atoms with van der Waals surface area (Å²) in [5.41, 5.74) is 7.08. The Morgan fingerprint density at radius 3 is 2.61 bits per heavy atom. The van der Waals surface area contributed by atoms with Gasteiger partial charge in [0.25, 0.3) is 0 Å². The van der Waals surface area contributed by atoms with Crippen molar-refractivity contribution in [2.24, 2.45) is 5.92 Å². The summed E-state index contributed by atoms with van der Waals surface area (Å²) in [5.74, 6) is -2.79. The quantitative estimate of drug-likeness (QED) is 0.540. The molecule has 0 saturated heterocycles. The molecule has 4 rings (SSSR count). The van der Waals surface area contributed by atoms with Crippen molar-refractivity contribution >= 4 is 17.0 Å². The van der Waals surface area contributed by atoms with E-state index < -0.39 is 41.9 Å². The van der Waals surface area contributed by atoms with E-state index in [-0.39, 0.29) is 17.9 Å². The standard InChI is InChI=1S/C19H20F2N4O3/c1-8-10-4-5-25(18(10)24-19(22)23-8)14-7-11(16(27)17(14)28)15(26)9-2-3-12(20)13(21)6-9/h2-6,11,14-17,26-28H,7H2,1H3,(H2,22,23,24)/t11-,14-,15-,16-,17+/m1/s1. The van der Waals surface area contributed by atoms with E-state index in [0.29, 0.717) is 11.3 Å². The molecule has 2 heterocycles. The maximum Gasteiger partial charge on any atom is 0.222 e. The molecular formula is C19H20F2N4O3. The fraction of sp³-hybridized carbons (Fsp3) is 0.368. The van der Waals surface area contributed by atoms with Crippen molar-refractivity contribution in [2.45, 2.75) is 37.7 Å². The number of fused-ring (bicyclic) bond motifs is 1. The van der Waals surface area contributed by atoms with Crippen LogP contribution in [0.5, 0.6) is 0 Å². The predicted molar refractivity (Wildman–Crippen MR) is 97.2 cm³/mol. The minimum absolute atomic E-state index is 0.0938. The summed E-state index contributed by atoms with van der Waals surface area (Å²) in [7, 11) is 0. The Labute approximate surface area is 159 Å². The monoisotopic (exact) mass is 390 g/mol. The van der Waals surface area contributed by atoms with Crippen molar-refractivity contribution in [1.82, 2.24) is 14.5 Å². The number of nitrogens with two attached hydrogens (primary N) is 1. The van der Waals surface area contributed by atoms with Gasteiger partial charge in [-0.2, -0.15) is 4.98 Å². The average molecular weight is 390 g/mol. The third kappa shape index (κ3) is 2.92. The highest BCUT2D eigenvalue weighted by Crippen LogP contribution is 2.43. The highest BCUT2D eigenvalue weighted by atomic mass is 19.2. The summed E-state index contributed by atoms with van der Waals surface area (Å²) in [6, 6.07) is 4.30. The number of aryl methyl sites for hydroxylation is 1. The molecule has 1 fully saturated rings. The van der Waals surface area contributed by atoms with Crippen molar-refractivity contribution in [3.63, 3.8) is 0 Å². The summed E-state index contributed by atoms with van der Waals surface area (Å²) < 4.78 is 28.4. The van der Waals surface area contributed by atoms with Crippen LogP contribution >= 0.6 is 0 Å². The van der Waals surface area contributed by atoms with Gasteiger partial charge in [0, 0.05) is 17.5 Å². The normalized spacial score (nSPS) is 26.1. The van der Waals surface area contributed by atoms with Gasteiger partial charge in [-0.1, -0.05) is 6.07 Å². The van der Waals surface area contributed by atoms with Crippen molar-refractivity contribution in [3.05, 3.63) is 53.4 Å². The summed E-state index contributed by atoms with van der Waals surface area (Å²) in [4.78, 5) is 8.34. The summed E-state index contributed by atoms with van der Waals surface area (Å²) >= 11 is 0. The van der Waals surface area contributed by atoms with Gasteiger partial charge in [0.1, 0.15) is 11.8 Å². The molecule has 28 heavy (non-hydrogen) atoms. The molecule has 1 aliphatic carbocycles. The second-order valence-electron chi connectivity index (χ2n) is 7.19. The largest absolute Gasteiger partial charge is 0.390 e. The van der Waals surface area contributed by atoms with Crippen LogP contribution in [0.1, 0.15) is 29.8 Å². The Kier molecular flexibility index (Phi) is 4.53. The van der Waals surface area contributed by atoms with Gasteiger partial charge in [-0.3, -0.25) is 0 Å². The first kappa shape index (κ1) is 18.7. The number of aliphatic hydroxyl groups excluding tert-OH is 3. The molecule has 7 nitrogen and oxygen atoms in total. The fourth-order valence-corrected chi connectivity index (χ4v) is 4.05. The molecule has 0 radical (unpaired) electrons. The highest BCUT2D eigenvalue weighted by Gasteiger charge is 2.46. The highest BCUT2D eigenvalue weighted by molar-refractivity contribution is 5.79. The lowest BCUT2D eigenvalue weighted by Crippen LogP contribution is -2.31. The number of aliphatic hydroxyl groups is 3. The van der Waals surface area contributed by atoms with E-state index in [2.05, 4.69) is 9.97 Å². The SMILES string of the molecule is Cc1nc(N)nc2c1ccn2[C@@H]1C[C@H]([C@H](O)c2ccc(F)c(F)c2)[C@@H](O)[C@H]1O. The average Bonchev–Trinajstić information content (AvgIpc) is 3.19. The molecule has 0 unspecified atom stereocenters. The molecule has 0 spiro atoms. The fourth-order valence-electron chi connectivity index (χ4n) is 4.05. The van der Waals surface area contributed by atoms with Crippen LogP contribution in [-0.2, 0) is 0 Å². The van der Waals surface area contributed by atoms with Crippen LogP contribution in [-0.4, -0.2) is 42.1 Å². The van der Waals surface area contributed by atoms with Gasteiger partial charge in [-0.15, -0.1) is 0 Å². The maximum absolute atomic E-state index is 13.5. The minimum Gasteiger partial charge on any atom is -0.390 e. The van der Waals surface area contributed by atoms with Crippen LogP contribution in [0.25, 0.3) is 11.0 Å². The van der Waals surface area contributed by atoms with Crippen molar-refractivity contribution in [3.8, 4) is 0 Å². The number of benzene rings is 1. The second-order valence-corrected chi connectivity index (χ2v) is 7.19. The molecule has 0 aliphatic heterocycles. The number of nitrogens with zero attached hydrogens (tertiary/aromatic N) is 3. The van der Waals surface area contributed by atoms with E-state index in [4.69, 9.17) is 5.73 Å². The van der Waals surface area contributed by atoms with Crippen LogP contribution in [0.15, 0.2) is 30.5 Å². The number of anilines is 1. The predicted octanol–water partition coefficient (Wildman–Crippen LogP) is 1.62. The molecule has 1 aromatic carbocycles. The van der Waals surface area contributed by atoms with E-state index in [1.165, 1.54) is 6.07 Å². The molecule has 0 bridgehead atoms. The molecule has 0 amide bonds. The molecule has 9 heteroatoms. The first-order chi connectivity index (χ1) is 13.3. The molecule has 3 aromatic rings. The zero-order valence-corrected chi connectivity index (χ0v) is 15.0. The molecule has 148 valence electrons. The Bertz CT molecular complexity index is 1040. The second kappa shape index (κ2) is 6.77. The van der Waals surface area contributed by atoms with Crippen LogP contribution in [0.4, 0.5) is 14.7 Å². The molecule has 2 aromatic heterocycles. The minimum atomic E-state index is -1.27. The number of aromatic nitrogens is 3. The first-order valence-corrected chi connectivity index (χ1v) is 8.87. The first-order valence-electron chi connectivity index (χ1n) is 8.87. The number of nitrogen functional groups attached to an aromatic ring is 1. The van der Waals surface area contributed by atoms with Crippen molar-refractivity contribution < 1.29 is 24.1 Å². The Balaban J connectivity index is 1.67. The Morgan fingerprint density at radius 2 is 1.89 bits per heavy atom. The lowest BCUT2D eigenvalue weighted by Gasteiger charge is -2.22. The van der Waals surface area contributed by atoms with Crippen LogP contribution in [0.3, 0.4) is 0 Å². The number of hydrogen-bond acceptors (Lipinski definition) is 6. The molecule has 1 saturated carbocycles. The summed E-state index contributed by atoms with van der Waals surface area (Å²) in [5, 5.41) is 32.5. The van der Waals surface area contributed by atoms with Gasteiger partial charge in [0.15, 0.2) is 11.6 Å². The third-order valence-electron chi connectivity index (χ3n) is 5.52. The topological polar surface area (TPSA) is 117 Å². The van der Waals surface area contributed by atoms with E-state index >= 15 is 0 Å². The van der Waals surface area contributed by atoms with E-state index in [9.17, 15) is 24.1 Å². The lowest BCUT2D eigenvalue weighted by molar-refractivity contribution is -0.0265. The smallest absolute Gasteiger partial charge is 0.222 e. The van der Waals surface area contributed by atoms with Gasteiger partial charge in [-0.25, -0.2) is 13.8 Å². The Hall–Kier alpha value is -2.62. The molecule has 5 atom stereocenters. The maximum atomic E-state index is 13.5. The number of hydrogen-bond donors (Lipinski definition) is 4. The van der Waals surface area contributed by atoms with Crippen molar-refractivity contribution in [2.75, 3.05) is 5.73 Å². The van der Waals surface area contributed by atoms with Gasteiger partial charge in [-0.05, 0) is 37.1 Å². The van der Waals surface area contributed by atoms with Gasteiger partial charge < -0.3 is 25.6 Å². The Morgan fingerprint density at radius 1 is 1.14 bits per heavy atom. The summed E-state index contributed by atoms with van der Waals surface area (Å²) in [6.45, 7) is 1.79. The summed E-state index contributed by atoms with van der Waals surface area (Å²) in [6.07, 6.45) is -1.79. The number of rotatable bonds is 3. The van der Waals surface area contributed by atoms with Crippen molar-refractivity contribution in [1.29, 1.82) is 0 Å². The van der Waals surface area contributed by atoms with E-state index in [1.54, 1.807) is 23.8 Å². The lowest BCUT2D eigenvalue weighted by atomic mass is 9.92. The van der Waals surface area contributed by atoms with E-state index in [0.717, 1.165) is 17.5 Å². The van der Waals surface area contributed by atoms with Crippen LogP contribution < -0.4 is 5.73 Å². The molecular weight excluding hydrogens is 370 g/mol. The zero-order chi connectivity index (χ0) is 20.2. The third-order valence-corrected chi connectivity index (χ3v) is 5.52. The van der Waals surface area contributed by atoms with Crippen LogP contribution in [0.2, 0.25) is 0 Å². The van der Waals surface area contributed by atoms with Gasteiger partial charge in [0.05, 0.1) is 23.9 Å².